The van der Waals surface area contributed by atoms with Crippen LogP contribution in [0.2, 0.25) is 0 Å². The van der Waals surface area contributed by atoms with Crippen molar-refractivity contribution in [1.29, 1.82) is 0 Å². The molecule has 5 rings (SSSR count). The van der Waals surface area contributed by atoms with E-state index < -0.39 is 17.3 Å². The van der Waals surface area contributed by atoms with Crippen LogP contribution < -0.4 is 0 Å². The third-order valence-electron chi connectivity index (χ3n) is 6.66. The van der Waals surface area contributed by atoms with Crippen molar-refractivity contribution >= 4 is 17.5 Å². The molecule has 0 atom stereocenters. The Bertz CT molecular complexity index is 1110. The molecule has 1 amide bonds. The van der Waals surface area contributed by atoms with Gasteiger partial charge in [0.15, 0.2) is 5.78 Å². The molecular weight excluding hydrogens is 412 g/mol. The summed E-state index contributed by atoms with van der Waals surface area (Å²) in [6, 6.07) is 7.32. The maximum atomic E-state index is 13.2. The Morgan fingerprint density at radius 2 is 1.56 bits per heavy atom. The lowest BCUT2D eigenvalue weighted by Gasteiger charge is -2.40. The van der Waals surface area contributed by atoms with Crippen LogP contribution in [-0.2, 0) is 4.74 Å². The molecule has 0 aromatic heterocycles. The zero-order valence-corrected chi connectivity index (χ0v) is 17.5. The van der Waals surface area contributed by atoms with E-state index in [1.54, 1.807) is 4.90 Å². The van der Waals surface area contributed by atoms with E-state index in [0.717, 1.165) is 39.1 Å². The third-order valence-corrected chi connectivity index (χ3v) is 6.66. The number of benzene rings is 2. The van der Waals surface area contributed by atoms with Crippen LogP contribution in [0.5, 0.6) is 11.5 Å². The lowest BCUT2D eigenvalue weighted by molar-refractivity contribution is 0.00158. The lowest BCUT2D eigenvalue weighted by Crippen LogP contribution is -2.50. The number of hydrogen-bond acceptors (Lipinski definition) is 7. The van der Waals surface area contributed by atoms with Crippen molar-refractivity contribution in [1.82, 2.24) is 9.80 Å². The minimum absolute atomic E-state index is 0.0142. The van der Waals surface area contributed by atoms with Crippen LogP contribution in [-0.4, -0.2) is 82.9 Å². The average molecular weight is 436 g/mol. The summed E-state index contributed by atoms with van der Waals surface area (Å²) in [5.41, 5.74) is -0.0653. The largest absolute Gasteiger partial charge is 0.507 e. The van der Waals surface area contributed by atoms with E-state index >= 15 is 0 Å². The molecule has 8 heteroatoms. The van der Waals surface area contributed by atoms with Crippen LogP contribution in [0.15, 0.2) is 30.3 Å². The molecule has 0 bridgehead atoms. The number of hydrogen-bond donors (Lipinski definition) is 2. The van der Waals surface area contributed by atoms with Gasteiger partial charge in [-0.2, -0.15) is 0 Å². The standard InChI is InChI=1S/C24H24N2O6/c27-18-3-1-2-16-20(18)23(30)21-17(22(16)29)12-14(13-19(21)28)24(31)26-6-4-15(5-7-26)25-8-10-32-11-9-25/h1-3,12-13,15,27-28H,4-11H2. The Hall–Kier alpha value is -3.23. The molecule has 8 nitrogen and oxygen atoms in total. The van der Waals surface area contributed by atoms with Crippen LogP contribution in [0.1, 0.15) is 55.0 Å². The summed E-state index contributed by atoms with van der Waals surface area (Å²) in [5.74, 6) is -2.14. The first-order valence-corrected chi connectivity index (χ1v) is 10.8. The van der Waals surface area contributed by atoms with Crippen LogP contribution in [0, 0.1) is 0 Å². The normalized spacial score (nSPS) is 19.6. The number of ether oxygens (including phenoxy) is 1. The van der Waals surface area contributed by atoms with E-state index in [4.69, 9.17) is 4.74 Å². The number of nitrogens with zero attached hydrogens (tertiary/aromatic N) is 2. The highest BCUT2D eigenvalue weighted by Crippen LogP contribution is 2.37. The van der Waals surface area contributed by atoms with Gasteiger partial charge in [-0.15, -0.1) is 0 Å². The number of phenols is 2. The van der Waals surface area contributed by atoms with Gasteiger partial charge in [-0.05, 0) is 31.0 Å². The van der Waals surface area contributed by atoms with E-state index in [0.29, 0.717) is 19.1 Å². The Balaban J connectivity index is 1.39. The number of amides is 1. The van der Waals surface area contributed by atoms with Crippen molar-refractivity contribution in [2.24, 2.45) is 0 Å². The second-order valence-corrected chi connectivity index (χ2v) is 8.45. The van der Waals surface area contributed by atoms with Crippen molar-refractivity contribution in [3.05, 3.63) is 58.1 Å². The second kappa shape index (κ2) is 8.03. The molecule has 3 aliphatic rings. The fourth-order valence-corrected chi connectivity index (χ4v) is 4.97. The molecule has 0 radical (unpaired) electrons. The highest BCUT2D eigenvalue weighted by molar-refractivity contribution is 6.30. The van der Waals surface area contributed by atoms with E-state index in [2.05, 4.69) is 4.90 Å². The predicted molar refractivity (Wildman–Crippen MR) is 114 cm³/mol. The average Bonchev–Trinajstić information content (AvgIpc) is 2.82. The monoisotopic (exact) mass is 436 g/mol. The molecule has 0 saturated carbocycles. The number of carbonyl (C=O) groups is 3. The number of aromatic hydroxyl groups is 2. The van der Waals surface area contributed by atoms with Gasteiger partial charge in [-0.1, -0.05) is 12.1 Å². The van der Waals surface area contributed by atoms with Gasteiger partial charge < -0.3 is 19.8 Å². The summed E-state index contributed by atoms with van der Waals surface area (Å²) < 4.78 is 5.41. The molecule has 1 aliphatic carbocycles. The van der Waals surface area contributed by atoms with Crippen LogP contribution in [0.25, 0.3) is 0 Å². The number of rotatable bonds is 2. The highest BCUT2D eigenvalue weighted by Gasteiger charge is 2.36. The molecule has 0 spiro atoms. The Morgan fingerprint density at radius 1 is 0.875 bits per heavy atom. The molecule has 2 heterocycles. The summed E-state index contributed by atoms with van der Waals surface area (Å²) >= 11 is 0. The van der Waals surface area contributed by atoms with Crippen LogP contribution in [0.3, 0.4) is 0 Å². The van der Waals surface area contributed by atoms with Gasteiger partial charge in [0, 0.05) is 48.9 Å². The predicted octanol–water partition coefficient (Wildman–Crippen LogP) is 1.81. The third kappa shape index (κ3) is 3.36. The summed E-state index contributed by atoms with van der Waals surface area (Å²) in [6.45, 7) is 4.46. The minimum Gasteiger partial charge on any atom is -0.507 e. The number of carbonyl (C=O) groups excluding carboxylic acids is 3. The zero-order chi connectivity index (χ0) is 22.4. The molecule has 2 saturated heterocycles. The first-order valence-electron chi connectivity index (χ1n) is 10.8. The van der Waals surface area contributed by atoms with Gasteiger partial charge in [0.1, 0.15) is 11.5 Å². The van der Waals surface area contributed by atoms with Gasteiger partial charge in [-0.3, -0.25) is 19.3 Å². The number of fused-ring (bicyclic) bond motifs is 2. The quantitative estimate of drug-likeness (QED) is 0.631. The van der Waals surface area contributed by atoms with Crippen molar-refractivity contribution < 1.29 is 29.3 Å². The maximum Gasteiger partial charge on any atom is 0.254 e. The molecule has 2 aliphatic heterocycles. The number of morpholine rings is 1. The van der Waals surface area contributed by atoms with Gasteiger partial charge in [0.25, 0.3) is 5.91 Å². The van der Waals surface area contributed by atoms with E-state index in [-0.39, 0.29) is 39.5 Å². The fraction of sp³-hybridized carbons (Fsp3) is 0.375. The lowest BCUT2D eigenvalue weighted by atomic mass is 9.82. The van der Waals surface area contributed by atoms with Gasteiger partial charge in [0.05, 0.1) is 24.3 Å². The number of phenolic OH excluding ortho intramolecular Hbond substituents is 2. The van der Waals surface area contributed by atoms with E-state index in [1.807, 2.05) is 0 Å². The van der Waals surface area contributed by atoms with Crippen LogP contribution >= 0.6 is 0 Å². The number of ketones is 2. The molecule has 2 N–H and O–H groups in total. The van der Waals surface area contributed by atoms with Crippen LogP contribution in [0.4, 0.5) is 0 Å². The molecule has 32 heavy (non-hydrogen) atoms. The fourth-order valence-electron chi connectivity index (χ4n) is 4.97. The first kappa shape index (κ1) is 20.7. The molecule has 166 valence electrons. The SMILES string of the molecule is O=C1c2cccc(O)c2C(=O)c2c(O)cc(C(=O)N3CCC(N4CCOCC4)CC3)cc21. The summed E-state index contributed by atoms with van der Waals surface area (Å²) in [6.07, 6.45) is 1.71. The number of piperidine rings is 1. The van der Waals surface area contributed by atoms with Crippen molar-refractivity contribution in [3.8, 4) is 11.5 Å². The minimum atomic E-state index is -0.629. The molecular formula is C24H24N2O6. The Kier molecular flexibility index (Phi) is 5.19. The first-order chi connectivity index (χ1) is 15.5. The zero-order valence-electron chi connectivity index (χ0n) is 17.5. The topological polar surface area (TPSA) is 107 Å². The summed E-state index contributed by atoms with van der Waals surface area (Å²) in [7, 11) is 0. The number of likely N-dealkylation sites (tertiary alicyclic amines) is 1. The second-order valence-electron chi connectivity index (χ2n) is 8.45. The summed E-state index contributed by atoms with van der Waals surface area (Å²) in [4.78, 5) is 43.2. The highest BCUT2D eigenvalue weighted by atomic mass is 16.5. The molecule has 2 fully saturated rings. The molecule has 2 aromatic carbocycles. The Morgan fingerprint density at radius 3 is 2.28 bits per heavy atom. The Labute approximate surface area is 185 Å². The van der Waals surface area contributed by atoms with Crippen molar-refractivity contribution in [2.45, 2.75) is 18.9 Å². The van der Waals surface area contributed by atoms with Gasteiger partial charge in [0.2, 0.25) is 5.78 Å². The molecule has 0 unspecified atom stereocenters. The smallest absolute Gasteiger partial charge is 0.254 e. The van der Waals surface area contributed by atoms with Crippen molar-refractivity contribution in [3.63, 3.8) is 0 Å². The van der Waals surface area contributed by atoms with Gasteiger partial charge >= 0.3 is 0 Å². The van der Waals surface area contributed by atoms with E-state index in [9.17, 15) is 24.6 Å². The van der Waals surface area contributed by atoms with E-state index in [1.165, 1.54) is 30.3 Å². The maximum absolute atomic E-state index is 13.2. The van der Waals surface area contributed by atoms with Gasteiger partial charge in [-0.25, -0.2) is 0 Å². The summed E-state index contributed by atoms with van der Waals surface area (Å²) in [5, 5.41) is 20.6. The van der Waals surface area contributed by atoms with Crippen molar-refractivity contribution in [2.75, 3.05) is 39.4 Å². The molecule has 2 aromatic rings.